The average molecular weight is 337 g/mol. The van der Waals surface area contributed by atoms with Crippen LogP contribution in [0.2, 0.25) is 0 Å². The summed E-state index contributed by atoms with van der Waals surface area (Å²) in [7, 11) is -3.68. The second-order valence-corrected chi connectivity index (χ2v) is 7.50. The van der Waals surface area contributed by atoms with Crippen molar-refractivity contribution in [2.45, 2.75) is 38.0 Å². The van der Waals surface area contributed by atoms with Gasteiger partial charge in [0, 0.05) is 13.1 Å². The standard InChI is InChI=1S/C14H18F3NO3S/c1-10-7-18(8-11(2)21-10)22(19,20)9-12-4-3-5-13(6-12)14(15,16)17/h3-6,10-11H,7-9H2,1-2H3/t10-,11-/m1/s1. The quantitative estimate of drug-likeness (QED) is 0.852. The summed E-state index contributed by atoms with van der Waals surface area (Å²) in [6.07, 6.45) is -4.96. The van der Waals surface area contributed by atoms with E-state index in [1.807, 2.05) is 0 Å². The number of sulfonamides is 1. The van der Waals surface area contributed by atoms with E-state index < -0.39 is 27.5 Å². The Hall–Kier alpha value is -1.12. The predicted octanol–water partition coefficient (Wildman–Crippen LogP) is 2.64. The van der Waals surface area contributed by atoms with E-state index in [0.717, 1.165) is 12.1 Å². The Labute approximate surface area is 127 Å². The second kappa shape index (κ2) is 6.17. The summed E-state index contributed by atoms with van der Waals surface area (Å²) in [5.41, 5.74) is -0.717. The molecule has 0 radical (unpaired) electrons. The zero-order valence-corrected chi connectivity index (χ0v) is 13.1. The summed E-state index contributed by atoms with van der Waals surface area (Å²) in [6, 6.07) is 4.41. The van der Waals surface area contributed by atoms with Gasteiger partial charge in [-0.25, -0.2) is 8.42 Å². The van der Waals surface area contributed by atoms with Gasteiger partial charge in [0.25, 0.3) is 0 Å². The molecule has 8 heteroatoms. The molecule has 22 heavy (non-hydrogen) atoms. The minimum atomic E-state index is -4.48. The molecule has 1 saturated heterocycles. The number of halogens is 3. The molecule has 0 saturated carbocycles. The molecule has 1 aliphatic rings. The third-order valence-electron chi connectivity index (χ3n) is 3.38. The topological polar surface area (TPSA) is 46.6 Å². The minimum Gasteiger partial charge on any atom is -0.373 e. The number of benzene rings is 1. The molecule has 1 aliphatic heterocycles. The monoisotopic (exact) mass is 337 g/mol. The first-order valence-corrected chi connectivity index (χ1v) is 8.48. The first kappa shape index (κ1) is 17.2. The van der Waals surface area contributed by atoms with E-state index in [2.05, 4.69) is 0 Å². The fraction of sp³-hybridized carbons (Fsp3) is 0.571. The lowest BCUT2D eigenvalue weighted by Crippen LogP contribution is -2.48. The molecule has 2 atom stereocenters. The maximum Gasteiger partial charge on any atom is 0.416 e. The van der Waals surface area contributed by atoms with Gasteiger partial charge in [0.2, 0.25) is 10.0 Å². The second-order valence-electron chi connectivity index (χ2n) is 5.53. The zero-order chi connectivity index (χ0) is 16.5. The number of hydrogen-bond donors (Lipinski definition) is 0. The number of alkyl halides is 3. The average Bonchev–Trinajstić information content (AvgIpc) is 2.36. The van der Waals surface area contributed by atoms with E-state index in [1.165, 1.54) is 16.4 Å². The Bertz CT molecular complexity index is 620. The van der Waals surface area contributed by atoms with Crippen LogP contribution in [0.3, 0.4) is 0 Å². The number of hydrogen-bond acceptors (Lipinski definition) is 3. The van der Waals surface area contributed by atoms with Crippen LogP contribution in [0, 0.1) is 0 Å². The predicted molar refractivity (Wildman–Crippen MR) is 75.6 cm³/mol. The van der Waals surface area contributed by atoms with Crippen molar-refractivity contribution in [2.24, 2.45) is 0 Å². The van der Waals surface area contributed by atoms with Crippen LogP contribution in [0.25, 0.3) is 0 Å². The third-order valence-corrected chi connectivity index (χ3v) is 5.17. The van der Waals surface area contributed by atoms with Crippen molar-refractivity contribution in [3.05, 3.63) is 35.4 Å². The highest BCUT2D eigenvalue weighted by Crippen LogP contribution is 2.30. The van der Waals surface area contributed by atoms with E-state index in [9.17, 15) is 21.6 Å². The summed E-state index contributed by atoms with van der Waals surface area (Å²) < 4.78 is 69.6. The Morgan fingerprint density at radius 3 is 2.36 bits per heavy atom. The molecule has 1 aromatic carbocycles. The first-order chi connectivity index (χ1) is 10.1. The molecule has 0 bridgehead atoms. The number of rotatable bonds is 3. The van der Waals surface area contributed by atoms with Crippen LogP contribution in [0.4, 0.5) is 13.2 Å². The van der Waals surface area contributed by atoms with E-state index in [-0.39, 0.29) is 30.9 Å². The fourth-order valence-electron chi connectivity index (χ4n) is 2.50. The van der Waals surface area contributed by atoms with Gasteiger partial charge in [0.15, 0.2) is 0 Å². The molecule has 0 aliphatic carbocycles. The smallest absolute Gasteiger partial charge is 0.373 e. The molecule has 0 N–H and O–H groups in total. The highest BCUT2D eigenvalue weighted by Gasteiger charge is 2.33. The molecule has 0 spiro atoms. The van der Waals surface area contributed by atoms with E-state index in [0.29, 0.717) is 0 Å². The normalized spacial score (nSPS) is 24.4. The van der Waals surface area contributed by atoms with Crippen LogP contribution in [-0.4, -0.2) is 38.0 Å². The van der Waals surface area contributed by atoms with Gasteiger partial charge < -0.3 is 4.74 Å². The lowest BCUT2D eigenvalue weighted by atomic mass is 10.1. The lowest BCUT2D eigenvalue weighted by molar-refractivity contribution is -0.137. The molecular weight excluding hydrogens is 319 g/mol. The van der Waals surface area contributed by atoms with Crippen molar-refractivity contribution in [1.82, 2.24) is 4.31 Å². The highest BCUT2D eigenvalue weighted by atomic mass is 32.2. The van der Waals surface area contributed by atoms with Crippen molar-refractivity contribution in [1.29, 1.82) is 0 Å². The zero-order valence-electron chi connectivity index (χ0n) is 12.3. The molecule has 1 heterocycles. The molecule has 0 aromatic heterocycles. The lowest BCUT2D eigenvalue weighted by Gasteiger charge is -2.34. The molecule has 1 aromatic rings. The maximum atomic E-state index is 12.7. The van der Waals surface area contributed by atoms with Gasteiger partial charge in [-0.15, -0.1) is 0 Å². The van der Waals surface area contributed by atoms with E-state index >= 15 is 0 Å². The van der Waals surface area contributed by atoms with Crippen LogP contribution < -0.4 is 0 Å². The molecule has 4 nitrogen and oxygen atoms in total. The van der Waals surface area contributed by atoms with Gasteiger partial charge in [0.05, 0.1) is 23.5 Å². The fourth-order valence-corrected chi connectivity index (χ4v) is 4.15. The SMILES string of the molecule is C[C@@H]1CN(S(=O)(=O)Cc2cccc(C(F)(F)F)c2)C[C@@H](C)O1. The molecule has 124 valence electrons. The van der Waals surface area contributed by atoms with Crippen LogP contribution >= 0.6 is 0 Å². The van der Waals surface area contributed by atoms with Gasteiger partial charge in [0.1, 0.15) is 0 Å². The van der Waals surface area contributed by atoms with Crippen LogP contribution in [0.1, 0.15) is 25.0 Å². The third kappa shape index (κ3) is 4.21. The van der Waals surface area contributed by atoms with Gasteiger partial charge in [-0.1, -0.05) is 18.2 Å². The molecule has 2 rings (SSSR count). The summed E-state index contributed by atoms with van der Waals surface area (Å²) in [5, 5.41) is 0. The summed E-state index contributed by atoms with van der Waals surface area (Å²) in [6.45, 7) is 3.96. The molecule has 0 amide bonds. The molecule has 0 unspecified atom stereocenters. The van der Waals surface area contributed by atoms with Crippen LogP contribution in [0.5, 0.6) is 0 Å². The first-order valence-electron chi connectivity index (χ1n) is 6.87. The van der Waals surface area contributed by atoms with Crippen molar-refractivity contribution < 1.29 is 26.3 Å². The maximum absolute atomic E-state index is 12.7. The Morgan fingerprint density at radius 1 is 1.23 bits per heavy atom. The Morgan fingerprint density at radius 2 is 1.82 bits per heavy atom. The van der Waals surface area contributed by atoms with E-state index in [4.69, 9.17) is 4.74 Å². The molecular formula is C14H18F3NO3S. The van der Waals surface area contributed by atoms with Gasteiger partial charge >= 0.3 is 6.18 Å². The van der Waals surface area contributed by atoms with Crippen LogP contribution in [-0.2, 0) is 26.7 Å². The highest BCUT2D eigenvalue weighted by molar-refractivity contribution is 7.88. The van der Waals surface area contributed by atoms with Crippen molar-refractivity contribution in [3.63, 3.8) is 0 Å². The van der Waals surface area contributed by atoms with Crippen molar-refractivity contribution >= 4 is 10.0 Å². The van der Waals surface area contributed by atoms with Gasteiger partial charge in [-0.2, -0.15) is 17.5 Å². The van der Waals surface area contributed by atoms with Crippen molar-refractivity contribution in [3.8, 4) is 0 Å². The number of morpholine rings is 1. The van der Waals surface area contributed by atoms with Crippen molar-refractivity contribution in [2.75, 3.05) is 13.1 Å². The Kier molecular flexibility index (Phi) is 4.84. The molecule has 1 fully saturated rings. The van der Waals surface area contributed by atoms with Gasteiger partial charge in [-0.3, -0.25) is 0 Å². The summed E-state index contributed by atoms with van der Waals surface area (Å²) >= 11 is 0. The summed E-state index contributed by atoms with van der Waals surface area (Å²) in [5.74, 6) is -0.448. The minimum absolute atomic E-state index is 0.127. The largest absolute Gasteiger partial charge is 0.416 e. The number of nitrogens with zero attached hydrogens (tertiary/aromatic N) is 1. The number of ether oxygens (including phenoxy) is 1. The van der Waals surface area contributed by atoms with Crippen LogP contribution in [0.15, 0.2) is 24.3 Å². The Balaban J connectivity index is 2.18. The van der Waals surface area contributed by atoms with E-state index in [1.54, 1.807) is 13.8 Å². The van der Waals surface area contributed by atoms with Gasteiger partial charge in [-0.05, 0) is 25.5 Å². The summed E-state index contributed by atoms with van der Waals surface area (Å²) in [4.78, 5) is 0.